The van der Waals surface area contributed by atoms with Crippen LogP contribution >= 0.6 is 36.4 Å². The largest absolute Gasteiger partial charge is 0.493 e. The van der Waals surface area contributed by atoms with Gasteiger partial charge in [0.15, 0.2) is 11.5 Å². The maximum Gasteiger partial charge on any atom is 0.165 e. The standard InChI is InChI=1S/C16H22ClN3O2.2ClH/c1-3-22-16-13(9-14(17)10-15(16)21-2)11-18-5-4-7-20-8-6-19-12-20;;/h6,8-10,12,18H,3-5,7,11H2,1-2H3;2*1H. The minimum Gasteiger partial charge on any atom is -0.493 e. The average molecular weight is 397 g/mol. The van der Waals surface area contributed by atoms with Crippen molar-refractivity contribution in [2.45, 2.75) is 26.4 Å². The summed E-state index contributed by atoms with van der Waals surface area (Å²) in [6, 6.07) is 3.69. The predicted octanol–water partition coefficient (Wildman–Crippen LogP) is 3.97. The molecular weight excluding hydrogens is 373 g/mol. The van der Waals surface area contributed by atoms with Crippen molar-refractivity contribution < 1.29 is 9.47 Å². The molecule has 0 bridgehead atoms. The zero-order valence-corrected chi connectivity index (χ0v) is 16.2. The van der Waals surface area contributed by atoms with Gasteiger partial charge in [-0.1, -0.05) is 11.6 Å². The number of hydrogen-bond acceptors (Lipinski definition) is 4. The first-order chi connectivity index (χ1) is 10.7. The molecule has 2 aromatic rings. The molecule has 1 N–H and O–H groups in total. The predicted molar refractivity (Wildman–Crippen MR) is 102 cm³/mol. The van der Waals surface area contributed by atoms with E-state index in [2.05, 4.69) is 14.9 Å². The van der Waals surface area contributed by atoms with E-state index in [1.807, 2.05) is 25.5 Å². The number of imidazole rings is 1. The van der Waals surface area contributed by atoms with Crippen molar-refractivity contribution in [3.8, 4) is 11.5 Å². The van der Waals surface area contributed by atoms with E-state index in [0.29, 0.717) is 23.9 Å². The molecule has 24 heavy (non-hydrogen) atoms. The Morgan fingerprint density at radius 1 is 1.29 bits per heavy atom. The molecule has 0 aliphatic carbocycles. The summed E-state index contributed by atoms with van der Waals surface area (Å²) in [7, 11) is 1.62. The fourth-order valence-electron chi connectivity index (χ4n) is 2.24. The van der Waals surface area contributed by atoms with Crippen LogP contribution in [0.4, 0.5) is 0 Å². The Kier molecular flexibility index (Phi) is 11.7. The Morgan fingerprint density at radius 2 is 2.08 bits per heavy atom. The lowest BCUT2D eigenvalue weighted by Gasteiger charge is -2.15. The number of rotatable bonds is 9. The number of aryl methyl sites for hydroxylation is 1. The van der Waals surface area contributed by atoms with E-state index in [9.17, 15) is 0 Å². The molecule has 8 heteroatoms. The summed E-state index contributed by atoms with van der Waals surface area (Å²) < 4.78 is 13.1. The molecule has 0 fully saturated rings. The Labute approximate surface area is 160 Å². The zero-order valence-electron chi connectivity index (χ0n) is 13.8. The van der Waals surface area contributed by atoms with Gasteiger partial charge in [0.25, 0.3) is 0 Å². The highest BCUT2D eigenvalue weighted by molar-refractivity contribution is 6.30. The van der Waals surface area contributed by atoms with Crippen molar-refractivity contribution in [2.75, 3.05) is 20.3 Å². The average Bonchev–Trinajstić information content (AvgIpc) is 3.02. The summed E-state index contributed by atoms with van der Waals surface area (Å²) in [6.07, 6.45) is 6.61. The lowest BCUT2D eigenvalue weighted by Crippen LogP contribution is -2.17. The van der Waals surface area contributed by atoms with E-state index in [4.69, 9.17) is 21.1 Å². The normalized spacial score (nSPS) is 9.79. The number of nitrogens with one attached hydrogen (secondary N) is 1. The summed E-state index contributed by atoms with van der Waals surface area (Å²) in [5.41, 5.74) is 1.01. The van der Waals surface area contributed by atoms with Crippen molar-refractivity contribution in [1.82, 2.24) is 14.9 Å². The van der Waals surface area contributed by atoms with Gasteiger partial charge in [0, 0.05) is 42.1 Å². The van der Waals surface area contributed by atoms with Gasteiger partial charge in [0.1, 0.15) is 0 Å². The van der Waals surface area contributed by atoms with Gasteiger partial charge in [-0.15, -0.1) is 24.8 Å². The van der Waals surface area contributed by atoms with Crippen LogP contribution in [0.1, 0.15) is 18.9 Å². The Morgan fingerprint density at radius 3 is 2.71 bits per heavy atom. The molecule has 5 nitrogen and oxygen atoms in total. The van der Waals surface area contributed by atoms with Crippen LogP contribution in [0.3, 0.4) is 0 Å². The van der Waals surface area contributed by atoms with Crippen molar-refractivity contribution >= 4 is 36.4 Å². The van der Waals surface area contributed by atoms with Crippen LogP contribution in [0, 0.1) is 0 Å². The molecule has 0 saturated carbocycles. The number of nitrogens with zero attached hydrogens (tertiary/aromatic N) is 2. The van der Waals surface area contributed by atoms with Gasteiger partial charge in [0.2, 0.25) is 0 Å². The highest BCUT2D eigenvalue weighted by Gasteiger charge is 2.12. The molecule has 1 aromatic heterocycles. The topological polar surface area (TPSA) is 48.3 Å². The van der Waals surface area contributed by atoms with Gasteiger partial charge in [0.05, 0.1) is 20.0 Å². The molecule has 0 spiro atoms. The van der Waals surface area contributed by atoms with E-state index in [-0.39, 0.29) is 24.8 Å². The molecule has 2 rings (SSSR count). The SMILES string of the molecule is CCOc1c(CNCCCn2ccnc2)cc(Cl)cc1OC.Cl.Cl. The number of halogens is 3. The van der Waals surface area contributed by atoms with Crippen LogP contribution in [0.5, 0.6) is 11.5 Å². The van der Waals surface area contributed by atoms with E-state index in [1.54, 1.807) is 19.4 Å². The van der Waals surface area contributed by atoms with Crippen LogP contribution in [0.2, 0.25) is 5.02 Å². The lowest BCUT2D eigenvalue weighted by atomic mass is 10.1. The van der Waals surface area contributed by atoms with Gasteiger partial charge >= 0.3 is 0 Å². The summed E-state index contributed by atoms with van der Waals surface area (Å²) >= 11 is 6.13. The van der Waals surface area contributed by atoms with Crippen LogP contribution in [-0.4, -0.2) is 29.8 Å². The van der Waals surface area contributed by atoms with Gasteiger partial charge in [-0.05, 0) is 26.0 Å². The maximum absolute atomic E-state index is 6.13. The Hall–Kier alpha value is -1.14. The summed E-state index contributed by atoms with van der Waals surface area (Å²) in [5.74, 6) is 1.43. The molecule has 0 saturated heterocycles. The van der Waals surface area contributed by atoms with Crippen molar-refractivity contribution in [3.63, 3.8) is 0 Å². The second-order valence-corrected chi connectivity index (χ2v) is 5.30. The Balaban J connectivity index is 0.00000264. The fourth-order valence-corrected chi connectivity index (χ4v) is 2.47. The molecule has 0 aliphatic rings. The van der Waals surface area contributed by atoms with Crippen molar-refractivity contribution in [3.05, 3.63) is 41.4 Å². The molecule has 0 amide bonds. The van der Waals surface area contributed by atoms with E-state index in [0.717, 1.165) is 30.8 Å². The number of hydrogen-bond donors (Lipinski definition) is 1. The van der Waals surface area contributed by atoms with E-state index in [1.165, 1.54) is 0 Å². The zero-order chi connectivity index (χ0) is 15.8. The van der Waals surface area contributed by atoms with E-state index >= 15 is 0 Å². The molecule has 0 aliphatic heterocycles. The van der Waals surface area contributed by atoms with Crippen LogP contribution in [0.25, 0.3) is 0 Å². The van der Waals surface area contributed by atoms with E-state index < -0.39 is 0 Å². The van der Waals surface area contributed by atoms with Crippen molar-refractivity contribution in [1.29, 1.82) is 0 Å². The van der Waals surface area contributed by atoms with Crippen LogP contribution in [0.15, 0.2) is 30.9 Å². The summed E-state index contributed by atoms with van der Waals surface area (Å²) in [4.78, 5) is 4.03. The quantitative estimate of drug-likeness (QED) is 0.652. The number of benzene rings is 1. The highest BCUT2D eigenvalue weighted by Crippen LogP contribution is 2.34. The smallest absolute Gasteiger partial charge is 0.165 e. The monoisotopic (exact) mass is 395 g/mol. The first-order valence-corrected chi connectivity index (χ1v) is 7.78. The third-order valence-corrected chi connectivity index (χ3v) is 3.47. The number of aromatic nitrogens is 2. The number of ether oxygens (including phenoxy) is 2. The van der Waals surface area contributed by atoms with Gasteiger partial charge in [-0.2, -0.15) is 0 Å². The molecule has 136 valence electrons. The minimum atomic E-state index is 0. The van der Waals surface area contributed by atoms with Crippen LogP contribution < -0.4 is 14.8 Å². The maximum atomic E-state index is 6.13. The lowest BCUT2D eigenvalue weighted by molar-refractivity contribution is 0.306. The molecule has 0 radical (unpaired) electrons. The van der Waals surface area contributed by atoms with Crippen LogP contribution in [-0.2, 0) is 13.1 Å². The van der Waals surface area contributed by atoms with Gasteiger partial charge in [-0.25, -0.2) is 4.98 Å². The first-order valence-electron chi connectivity index (χ1n) is 7.40. The number of methoxy groups -OCH3 is 1. The molecule has 1 aromatic carbocycles. The first kappa shape index (κ1) is 22.9. The third-order valence-electron chi connectivity index (χ3n) is 3.25. The third kappa shape index (κ3) is 6.77. The molecule has 1 heterocycles. The second-order valence-electron chi connectivity index (χ2n) is 4.86. The highest BCUT2D eigenvalue weighted by atomic mass is 35.5. The molecule has 0 atom stereocenters. The summed E-state index contributed by atoms with van der Waals surface area (Å²) in [6.45, 7) is 5.08. The molecule has 0 unspecified atom stereocenters. The molecular formula is C16H24Cl3N3O2. The minimum absolute atomic E-state index is 0. The summed E-state index contributed by atoms with van der Waals surface area (Å²) in [5, 5.41) is 4.06. The van der Waals surface area contributed by atoms with Gasteiger partial charge < -0.3 is 19.4 Å². The van der Waals surface area contributed by atoms with Gasteiger partial charge in [-0.3, -0.25) is 0 Å². The Bertz CT molecular complexity index is 580. The van der Waals surface area contributed by atoms with Crippen molar-refractivity contribution in [2.24, 2.45) is 0 Å². The second kappa shape index (κ2) is 12.3. The fraction of sp³-hybridized carbons (Fsp3) is 0.438.